The van der Waals surface area contributed by atoms with Crippen molar-refractivity contribution >= 4 is 5.78 Å². The topological polar surface area (TPSA) is 35.5 Å². The predicted octanol–water partition coefficient (Wildman–Crippen LogP) is 3.41. The maximum atomic E-state index is 12.9. The van der Waals surface area contributed by atoms with Crippen LogP contribution in [-0.4, -0.2) is 31.2 Å². The average Bonchev–Trinajstić information content (AvgIpc) is 2.55. The summed E-state index contributed by atoms with van der Waals surface area (Å²) in [5.74, 6) is 0.408. The van der Waals surface area contributed by atoms with E-state index in [2.05, 4.69) is 13.0 Å². The minimum absolute atomic E-state index is 0.101. The molecule has 0 N–H and O–H groups in total. The standard InChI is InChI=1S/C18H24O3/c1-2-14-5-3-4-6-16(14)17(19)15-7-10-21-18(13-15)8-11-20-12-9-18/h3-6,15H,2,7-13H2,1H3. The lowest BCUT2D eigenvalue weighted by Gasteiger charge is -2.43. The summed E-state index contributed by atoms with van der Waals surface area (Å²) in [7, 11) is 0. The number of hydrogen-bond donors (Lipinski definition) is 0. The van der Waals surface area contributed by atoms with Crippen LogP contribution < -0.4 is 0 Å². The van der Waals surface area contributed by atoms with Gasteiger partial charge in [-0.1, -0.05) is 31.2 Å². The molecule has 0 amide bonds. The third kappa shape index (κ3) is 3.04. The van der Waals surface area contributed by atoms with Gasteiger partial charge >= 0.3 is 0 Å². The highest BCUT2D eigenvalue weighted by molar-refractivity contribution is 5.99. The molecule has 1 unspecified atom stereocenters. The number of aryl methyl sites for hydroxylation is 1. The van der Waals surface area contributed by atoms with E-state index in [0.29, 0.717) is 12.4 Å². The highest BCUT2D eigenvalue weighted by Gasteiger charge is 2.41. The molecule has 0 aliphatic carbocycles. The van der Waals surface area contributed by atoms with Gasteiger partial charge < -0.3 is 9.47 Å². The van der Waals surface area contributed by atoms with Crippen molar-refractivity contribution in [2.45, 2.75) is 44.6 Å². The zero-order chi connectivity index (χ0) is 14.7. The molecule has 2 fully saturated rings. The second-order valence-corrected chi connectivity index (χ2v) is 6.21. The van der Waals surface area contributed by atoms with Gasteiger partial charge in [0.25, 0.3) is 0 Å². The van der Waals surface area contributed by atoms with Crippen molar-refractivity contribution in [2.75, 3.05) is 19.8 Å². The Bertz CT molecular complexity index is 497. The van der Waals surface area contributed by atoms with Crippen LogP contribution in [0.2, 0.25) is 0 Å². The minimum Gasteiger partial charge on any atom is -0.381 e. The van der Waals surface area contributed by atoms with Gasteiger partial charge in [-0.25, -0.2) is 0 Å². The number of carbonyl (C=O) groups is 1. The van der Waals surface area contributed by atoms with E-state index in [9.17, 15) is 4.79 Å². The van der Waals surface area contributed by atoms with Gasteiger partial charge in [0.15, 0.2) is 5.78 Å². The highest BCUT2D eigenvalue weighted by atomic mass is 16.5. The van der Waals surface area contributed by atoms with Gasteiger partial charge in [-0.2, -0.15) is 0 Å². The van der Waals surface area contributed by atoms with Crippen LogP contribution in [0.1, 0.15) is 48.5 Å². The molecule has 1 atom stereocenters. The number of hydrogen-bond acceptors (Lipinski definition) is 3. The zero-order valence-corrected chi connectivity index (χ0v) is 12.8. The van der Waals surface area contributed by atoms with E-state index in [0.717, 1.165) is 56.4 Å². The lowest BCUT2D eigenvalue weighted by molar-refractivity contribution is -0.142. The summed E-state index contributed by atoms with van der Waals surface area (Å²) in [6, 6.07) is 8.03. The molecule has 2 aliphatic heterocycles. The van der Waals surface area contributed by atoms with Gasteiger partial charge in [0.2, 0.25) is 0 Å². The van der Waals surface area contributed by atoms with Crippen LogP contribution in [-0.2, 0) is 15.9 Å². The molecule has 3 rings (SSSR count). The smallest absolute Gasteiger partial charge is 0.166 e. The molecule has 21 heavy (non-hydrogen) atoms. The maximum absolute atomic E-state index is 12.9. The van der Waals surface area contributed by atoms with Crippen molar-refractivity contribution < 1.29 is 14.3 Å². The number of rotatable bonds is 3. The molecule has 3 nitrogen and oxygen atoms in total. The van der Waals surface area contributed by atoms with Crippen LogP contribution in [0.25, 0.3) is 0 Å². The monoisotopic (exact) mass is 288 g/mol. The zero-order valence-electron chi connectivity index (χ0n) is 12.8. The largest absolute Gasteiger partial charge is 0.381 e. The quantitative estimate of drug-likeness (QED) is 0.800. The Morgan fingerprint density at radius 3 is 2.76 bits per heavy atom. The van der Waals surface area contributed by atoms with Gasteiger partial charge in [-0.15, -0.1) is 0 Å². The number of ketones is 1. The van der Waals surface area contributed by atoms with E-state index in [4.69, 9.17) is 9.47 Å². The summed E-state index contributed by atoms with van der Waals surface area (Å²) in [6.45, 7) is 4.32. The Balaban J connectivity index is 1.78. The fourth-order valence-electron chi connectivity index (χ4n) is 3.63. The van der Waals surface area contributed by atoms with Gasteiger partial charge in [0.1, 0.15) is 0 Å². The minimum atomic E-state index is -0.113. The number of Topliss-reactive ketones (excluding diaryl/α,β-unsaturated/α-hetero) is 1. The highest BCUT2D eigenvalue weighted by Crippen LogP contribution is 2.38. The van der Waals surface area contributed by atoms with E-state index in [1.807, 2.05) is 18.2 Å². The Morgan fingerprint density at radius 2 is 2.00 bits per heavy atom. The van der Waals surface area contributed by atoms with Crippen molar-refractivity contribution in [3.63, 3.8) is 0 Å². The molecule has 1 spiro atoms. The van der Waals surface area contributed by atoms with E-state index in [1.54, 1.807) is 0 Å². The molecule has 0 saturated carbocycles. The first-order valence-corrected chi connectivity index (χ1v) is 8.08. The molecular weight excluding hydrogens is 264 g/mol. The summed E-state index contributed by atoms with van der Waals surface area (Å²) in [6.07, 6.45) is 4.45. The van der Waals surface area contributed by atoms with Crippen molar-refractivity contribution in [3.05, 3.63) is 35.4 Å². The SMILES string of the molecule is CCc1ccccc1C(=O)C1CCOC2(CCOCC2)C1. The third-order valence-electron chi connectivity index (χ3n) is 4.93. The first-order valence-electron chi connectivity index (χ1n) is 8.08. The Labute approximate surface area is 126 Å². The molecule has 1 aromatic carbocycles. The van der Waals surface area contributed by atoms with Crippen molar-refractivity contribution in [2.24, 2.45) is 5.92 Å². The number of ether oxygens (including phenoxy) is 2. The molecule has 1 aromatic rings. The normalized spacial score (nSPS) is 24.9. The molecule has 0 aromatic heterocycles. The van der Waals surface area contributed by atoms with Crippen molar-refractivity contribution in [3.8, 4) is 0 Å². The summed E-state index contributed by atoms with van der Waals surface area (Å²) in [5, 5.41) is 0. The molecule has 2 saturated heterocycles. The second kappa shape index (κ2) is 6.29. The Kier molecular flexibility index (Phi) is 4.41. The first kappa shape index (κ1) is 14.7. The third-order valence-corrected chi connectivity index (χ3v) is 4.93. The molecular formula is C18H24O3. The summed E-state index contributed by atoms with van der Waals surface area (Å²) in [5.41, 5.74) is 1.96. The lowest BCUT2D eigenvalue weighted by Crippen LogP contribution is -2.46. The number of carbonyl (C=O) groups excluding carboxylic acids is 1. The van der Waals surface area contributed by atoms with Crippen molar-refractivity contribution in [1.82, 2.24) is 0 Å². The summed E-state index contributed by atoms with van der Waals surface area (Å²) in [4.78, 5) is 12.9. The molecule has 0 radical (unpaired) electrons. The van der Waals surface area contributed by atoms with Crippen LogP contribution in [0.5, 0.6) is 0 Å². The molecule has 114 valence electrons. The average molecular weight is 288 g/mol. The van der Waals surface area contributed by atoms with Gasteiger partial charge in [-0.3, -0.25) is 4.79 Å². The van der Waals surface area contributed by atoms with Crippen LogP contribution in [0.3, 0.4) is 0 Å². The Morgan fingerprint density at radius 1 is 1.24 bits per heavy atom. The molecule has 2 aliphatic rings. The Hall–Kier alpha value is -1.19. The van der Waals surface area contributed by atoms with Crippen molar-refractivity contribution in [1.29, 1.82) is 0 Å². The number of benzene rings is 1. The van der Waals surface area contributed by atoms with E-state index >= 15 is 0 Å². The van der Waals surface area contributed by atoms with Crippen LogP contribution in [0, 0.1) is 5.92 Å². The van der Waals surface area contributed by atoms with E-state index in [-0.39, 0.29) is 11.5 Å². The fraction of sp³-hybridized carbons (Fsp3) is 0.611. The summed E-state index contributed by atoms with van der Waals surface area (Å²) >= 11 is 0. The van der Waals surface area contributed by atoms with Crippen LogP contribution in [0.4, 0.5) is 0 Å². The van der Waals surface area contributed by atoms with Gasteiger partial charge in [0.05, 0.1) is 5.60 Å². The first-order chi connectivity index (χ1) is 10.2. The maximum Gasteiger partial charge on any atom is 0.166 e. The predicted molar refractivity (Wildman–Crippen MR) is 81.6 cm³/mol. The van der Waals surface area contributed by atoms with Gasteiger partial charge in [-0.05, 0) is 37.7 Å². The molecule has 3 heteroatoms. The summed E-state index contributed by atoms with van der Waals surface area (Å²) < 4.78 is 11.5. The fourth-order valence-corrected chi connectivity index (χ4v) is 3.63. The second-order valence-electron chi connectivity index (χ2n) is 6.21. The van der Waals surface area contributed by atoms with E-state index in [1.165, 1.54) is 0 Å². The molecule has 0 bridgehead atoms. The lowest BCUT2D eigenvalue weighted by atomic mass is 9.77. The van der Waals surface area contributed by atoms with E-state index < -0.39 is 0 Å². The molecule has 2 heterocycles. The van der Waals surface area contributed by atoms with Gasteiger partial charge in [0, 0.05) is 31.3 Å². The van der Waals surface area contributed by atoms with Crippen LogP contribution >= 0.6 is 0 Å². The van der Waals surface area contributed by atoms with Crippen LogP contribution in [0.15, 0.2) is 24.3 Å².